The predicted molar refractivity (Wildman–Crippen MR) is 81.1 cm³/mol. The van der Waals surface area contributed by atoms with Crippen LogP contribution in [0, 0.1) is 0 Å². The molecule has 1 aromatic heterocycles. The van der Waals surface area contributed by atoms with E-state index in [0.29, 0.717) is 23.6 Å². The van der Waals surface area contributed by atoms with Crippen LogP contribution in [-0.2, 0) is 6.61 Å². The molecule has 5 nitrogen and oxygen atoms in total. The summed E-state index contributed by atoms with van der Waals surface area (Å²) in [6.45, 7) is 4.41. The second-order valence-corrected chi connectivity index (χ2v) is 5.76. The average Bonchev–Trinajstić information content (AvgIpc) is 2.76. The Balaban J connectivity index is 2.18. The lowest BCUT2D eigenvalue weighted by atomic mass is 10.00. The molecule has 2 aromatic rings. The van der Waals surface area contributed by atoms with Crippen LogP contribution in [0.4, 0.5) is 5.69 Å². The van der Waals surface area contributed by atoms with Crippen molar-refractivity contribution in [2.24, 2.45) is 0 Å². The number of aromatic nitrogens is 2. The number of benzene rings is 1. The number of anilines is 1. The van der Waals surface area contributed by atoms with Gasteiger partial charge in [0.15, 0.2) is 5.82 Å². The van der Waals surface area contributed by atoms with Crippen molar-refractivity contribution in [2.45, 2.75) is 51.8 Å². The largest absolute Gasteiger partial charge is 0.399 e. The zero-order chi connectivity index (χ0) is 14.3. The smallest absolute Gasteiger partial charge is 0.154 e. The second kappa shape index (κ2) is 4.98. The molecule has 0 radical (unpaired) electrons. The number of hydrogen-bond donors (Lipinski definition) is 2. The third-order valence-corrected chi connectivity index (χ3v) is 4.24. The zero-order valence-electron chi connectivity index (χ0n) is 12.1. The fourth-order valence-electron chi connectivity index (χ4n) is 3.30. The zero-order valence-corrected chi connectivity index (χ0v) is 12.1. The minimum atomic E-state index is -0.0650. The van der Waals surface area contributed by atoms with E-state index in [1.807, 2.05) is 18.2 Å². The Bertz CT molecular complexity index is 612. The SMILES string of the molecule is CC1CCCC(C)N1n1c(CO)nc2cc(N)ccc21. The lowest BCUT2D eigenvalue weighted by Crippen LogP contribution is -2.51. The highest BCUT2D eigenvalue weighted by molar-refractivity contribution is 5.80. The van der Waals surface area contributed by atoms with Gasteiger partial charge in [0.25, 0.3) is 0 Å². The Hall–Kier alpha value is -1.75. The Morgan fingerprint density at radius 3 is 2.65 bits per heavy atom. The highest BCUT2D eigenvalue weighted by Gasteiger charge is 2.28. The fraction of sp³-hybridized carbons (Fsp3) is 0.533. The normalized spacial score (nSPS) is 23.4. The van der Waals surface area contributed by atoms with Crippen molar-refractivity contribution < 1.29 is 5.11 Å². The summed E-state index contributed by atoms with van der Waals surface area (Å²) in [5.74, 6) is 0.686. The number of nitrogens with zero attached hydrogens (tertiary/aromatic N) is 3. The number of fused-ring (bicyclic) bond motifs is 1. The van der Waals surface area contributed by atoms with Crippen molar-refractivity contribution in [3.8, 4) is 0 Å². The molecule has 0 aliphatic carbocycles. The molecule has 20 heavy (non-hydrogen) atoms. The van der Waals surface area contributed by atoms with Crippen LogP contribution in [-0.4, -0.2) is 26.9 Å². The quantitative estimate of drug-likeness (QED) is 0.822. The Labute approximate surface area is 119 Å². The first-order valence-corrected chi connectivity index (χ1v) is 7.28. The third kappa shape index (κ3) is 2.02. The van der Waals surface area contributed by atoms with Crippen LogP contribution in [0.3, 0.4) is 0 Å². The van der Waals surface area contributed by atoms with Crippen LogP contribution in [0.5, 0.6) is 0 Å². The molecule has 2 unspecified atom stereocenters. The molecule has 5 heteroatoms. The van der Waals surface area contributed by atoms with Gasteiger partial charge >= 0.3 is 0 Å². The van der Waals surface area contributed by atoms with Crippen LogP contribution < -0.4 is 10.7 Å². The first-order chi connectivity index (χ1) is 9.61. The monoisotopic (exact) mass is 274 g/mol. The number of aliphatic hydroxyl groups is 1. The topological polar surface area (TPSA) is 67.3 Å². The van der Waals surface area contributed by atoms with Crippen LogP contribution in [0.2, 0.25) is 0 Å². The van der Waals surface area contributed by atoms with Crippen LogP contribution in [0.25, 0.3) is 11.0 Å². The van der Waals surface area contributed by atoms with Gasteiger partial charge in [-0.05, 0) is 51.3 Å². The highest BCUT2D eigenvalue weighted by atomic mass is 16.3. The molecule has 3 rings (SSSR count). The molecule has 3 N–H and O–H groups in total. The molecule has 0 spiro atoms. The maximum atomic E-state index is 9.65. The molecule has 1 aliphatic rings. The summed E-state index contributed by atoms with van der Waals surface area (Å²) < 4.78 is 2.09. The minimum Gasteiger partial charge on any atom is -0.399 e. The Morgan fingerprint density at radius 2 is 2.00 bits per heavy atom. The summed E-state index contributed by atoms with van der Waals surface area (Å²) in [6.07, 6.45) is 3.60. The van der Waals surface area contributed by atoms with Gasteiger partial charge in [0.2, 0.25) is 0 Å². The summed E-state index contributed by atoms with van der Waals surface area (Å²) in [5.41, 5.74) is 8.40. The van der Waals surface area contributed by atoms with E-state index < -0.39 is 0 Å². The van der Waals surface area contributed by atoms with Crippen molar-refractivity contribution >= 4 is 16.7 Å². The van der Waals surface area contributed by atoms with Crippen molar-refractivity contribution in [2.75, 3.05) is 10.7 Å². The Morgan fingerprint density at radius 1 is 1.30 bits per heavy atom. The summed E-state index contributed by atoms with van der Waals surface area (Å²) >= 11 is 0. The maximum Gasteiger partial charge on any atom is 0.154 e. The number of aliphatic hydroxyl groups excluding tert-OH is 1. The molecule has 1 aliphatic heterocycles. The summed E-state index contributed by atoms with van der Waals surface area (Å²) in [4.78, 5) is 4.53. The highest BCUT2D eigenvalue weighted by Crippen LogP contribution is 2.26. The standard InChI is InChI=1S/C15H22N4O/c1-10-4-3-5-11(2)18(10)19-14-7-6-12(16)8-13(14)17-15(19)9-20/h6-8,10-11,20H,3-5,9,16H2,1-2H3. The molecule has 2 heterocycles. The first-order valence-electron chi connectivity index (χ1n) is 7.28. The predicted octanol–water partition coefficient (Wildman–Crippen LogP) is 2.01. The van der Waals surface area contributed by atoms with E-state index in [-0.39, 0.29) is 6.61 Å². The van der Waals surface area contributed by atoms with Crippen molar-refractivity contribution in [1.82, 2.24) is 9.66 Å². The Kier molecular flexibility index (Phi) is 3.30. The molecule has 1 fully saturated rings. The van der Waals surface area contributed by atoms with E-state index in [1.54, 1.807) is 0 Å². The summed E-state index contributed by atoms with van der Waals surface area (Å²) in [6, 6.07) is 6.63. The van der Waals surface area contributed by atoms with E-state index in [2.05, 4.69) is 28.5 Å². The molecule has 0 saturated carbocycles. The number of nitrogens with two attached hydrogens (primary N) is 1. The molecule has 1 aromatic carbocycles. The first kappa shape index (κ1) is 13.2. The van der Waals surface area contributed by atoms with Crippen LogP contribution >= 0.6 is 0 Å². The molecule has 0 bridgehead atoms. The van der Waals surface area contributed by atoms with E-state index in [9.17, 15) is 5.11 Å². The van der Waals surface area contributed by atoms with Gasteiger partial charge in [0.05, 0.1) is 11.0 Å². The number of hydrogen-bond acceptors (Lipinski definition) is 4. The van der Waals surface area contributed by atoms with Gasteiger partial charge in [-0.25, -0.2) is 9.66 Å². The molecule has 1 saturated heterocycles. The number of nitrogen functional groups attached to an aromatic ring is 1. The fourth-order valence-corrected chi connectivity index (χ4v) is 3.30. The van der Waals surface area contributed by atoms with E-state index in [4.69, 9.17) is 5.73 Å². The lowest BCUT2D eigenvalue weighted by molar-refractivity contribution is 0.254. The lowest BCUT2D eigenvalue weighted by Gasteiger charge is -2.42. The third-order valence-electron chi connectivity index (χ3n) is 4.24. The van der Waals surface area contributed by atoms with Crippen LogP contribution in [0.1, 0.15) is 38.9 Å². The average molecular weight is 274 g/mol. The van der Waals surface area contributed by atoms with Gasteiger partial charge in [0, 0.05) is 17.8 Å². The second-order valence-electron chi connectivity index (χ2n) is 5.76. The van der Waals surface area contributed by atoms with E-state index in [1.165, 1.54) is 19.3 Å². The summed E-state index contributed by atoms with van der Waals surface area (Å²) in [5, 5.41) is 12.0. The number of rotatable bonds is 2. The van der Waals surface area contributed by atoms with Gasteiger partial charge in [-0.1, -0.05) is 0 Å². The van der Waals surface area contributed by atoms with Crippen LogP contribution in [0.15, 0.2) is 18.2 Å². The van der Waals surface area contributed by atoms with Crippen molar-refractivity contribution in [1.29, 1.82) is 0 Å². The molecular formula is C15H22N4O. The van der Waals surface area contributed by atoms with E-state index in [0.717, 1.165) is 11.0 Å². The summed E-state index contributed by atoms with van der Waals surface area (Å²) in [7, 11) is 0. The van der Waals surface area contributed by atoms with Crippen molar-refractivity contribution in [3.05, 3.63) is 24.0 Å². The number of piperidine rings is 1. The van der Waals surface area contributed by atoms with Gasteiger partial charge in [-0.2, -0.15) is 0 Å². The van der Waals surface area contributed by atoms with Gasteiger partial charge < -0.3 is 15.8 Å². The maximum absolute atomic E-state index is 9.65. The molecule has 108 valence electrons. The van der Waals surface area contributed by atoms with Gasteiger partial charge in [-0.15, -0.1) is 0 Å². The number of imidazole rings is 1. The van der Waals surface area contributed by atoms with E-state index >= 15 is 0 Å². The molecule has 2 atom stereocenters. The van der Waals surface area contributed by atoms with Gasteiger partial charge in [-0.3, -0.25) is 0 Å². The van der Waals surface area contributed by atoms with Crippen molar-refractivity contribution in [3.63, 3.8) is 0 Å². The molecular weight excluding hydrogens is 252 g/mol. The van der Waals surface area contributed by atoms with Gasteiger partial charge in [0.1, 0.15) is 6.61 Å². The minimum absolute atomic E-state index is 0.0650. The molecule has 0 amide bonds.